The van der Waals surface area contributed by atoms with E-state index in [4.69, 9.17) is 11.6 Å². The molecule has 1 aromatic carbocycles. The van der Waals surface area contributed by atoms with Crippen molar-refractivity contribution in [3.63, 3.8) is 0 Å². The van der Waals surface area contributed by atoms with Crippen LogP contribution >= 0.6 is 11.6 Å². The van der Waals surface area contributed by atoms with Crippen LogP contribution in [0.4, 0.5) is 0 Å². The average molecular weight is 407 g/mol. The molecule has 2 rings (SSSR count). The Balaban J connectivity index is 2.37. The zero-order chi connectivity index (χ0) is 19.0. The largest absolute Gasteiger partial charge is 0.255 e. The molecule has 0 aliphatic carbocycles. The number of nitrogens with one attached hydrogen (secondary N) is 1. The van der Waals surface area contributed by atoms with E-state index in [1.165, 1.54) is 38.8 Å². The molecule has 11 heteroatoms. The van der Waals surface area contributed by atoms with Crippen molar-refractivity contribution in [3.05, 3.63) is 40.7 Å². The molecule has 0 radical (unpaired) electrons. The van der Waals surface area contributed by atoms with Gasteiger partial charge in [-0.2, -0.15) is 5.10 Å². The minimum atomic E-state index is -3.96. The van der Waals surface area contributed by atoms with Gasteiger partial charge in [0.25, 0.3) is 0 Å². The minimum Gasteiger partial charge on any atom is -0.255 e. The first-order valence-electron chi connectivity index (χ1n) is 7.17. The van der Waals surface area contributed by atoms with Gasteiger partial charge in [-0.25, -0.2) is 25.9 Å². The van der Waals surface area contributed by atoms with Crippen molar-refractivity contribution < 1.29 is 16.8 Å². The molecular formula is C14H19ClN4O4S2. The van der Waals surface area contributed by atoms with Gasteiger partial charge in [-0.1, -0.05) is 29.8 Å². The molecule has 8 nitrogen and oxygen atoms in total. The molecule has 0 saturated carbocycles. The van der Waals surface area contributed by atoms with Gasteiger partial charge in [0, 0.05) is 27.7 Å². The molecule has 1 N–H and O–H groups in total. The van der Waals surface area contributed by atoms with Crippen LogP contribution in [0.2, 0.25) is 5.15 Å². The minimum absolute atomic E-state index is 0.0146. The fourth-order valence-corrected chi connectivity index (χ4v) is 5.13. The summed E-state index contributed by atoms with van der Waals surface area (Å²) < 4.78 is 54.6. The first-order valence-corrected chi connectivity index (χ1v) is 10.5. The van der Waals surface area contributed by atoms with Crippen LogP contribution in [0.5, 0.6) is 0 Å². The zero-order valence-corrected chi connectivity index (χ0v) is 16.6. The smallest absolute Gasteiger partial charge is 0.245 e. The van der Waals surface area contributed by atoms with Crippen molar-refractivity contribution in [1.29, 1.82) is 0 Å². The summed E-state index contributed by atoms with van der Waals surface area (Å²) in [5, 5.41) is 3.96. The number of hydrogen-bond acceptors (Lipinski definition) is 5. The molecule has 138 valence electrons. The number of hydrogen-bond donors (Lipinski definition) is 1. The zero-order valence-electron chi connectivity index (χ0n) is 14.2. The second-order valence-corrected chi connectivity index (χ2v) is 9.73. The van der Waals surface area contributed by atoms with Crippen molar-refractivity contribution in [2.75, 3.05) is 14.1 Å². The second-order valence-electron chi connectivity index (χ2n) is 5.55. The maximum absolute atomic E-state index is 12.5. The molecule has 0 amide bonds. The highest BCUT2D eigenvalue weighted by atomic mass is 35.5. The number of nitrogens with zero attached hydrogens (tertiary/aromatic N) is 3. The molecule has 0 bridgehead atoms. The van der Waals surface area contributed by atoms with Crippen LogP contribution in [0.15, 0.2) is 34.1 Å². The summed E-state index contributed by atoms with van der Waals surface area (Å²) in [6, 6.07) is 6.20. The number of rotatable bonds is 6. The monoisotopic (exact) mass is 406 g/mol. The number of benzene rings is 1. The Morgan fingerprint density at radius 2 is 1.80 bits per heavy atom. The molecule has 2 aromatic rings. The third-order valence-electron chi connectivity index (χ3n) is 3.55. The van der Waals surface area contributed by atoms with E-state index in [0.717, 1.165) is 4.31 Å². The van der Waals surface area contributed by atoms with Crippen molar-refractivity contribution in [2.45, 2.75) is 23.3 Å². The highest BCUT2D eigenvalue weighted by Crippen LogP contribution is 2.25. The average Bonchev–Trinajstić information content (AvgIpc) is 2.78. The molecule has 0 saturated heterocycles. The van der Waals surface area contributed by atoms with E-state index < -0.39 is 20.0 Å². The highest BCUT2D eigenvalue weighted by Gasteiger charge is 2.26. The van der Waals surface area contributed by atoms with Gasteiger partial charge in [0.05, 0.1) is 10.6 Å². The topological polar surface area (TPSA) is 101 Å². The van der Waals surface area contributed by atoms with Crippen molar-refractivity contribution >= 4 is 31.6 Å². The van der Waals surface area contributed by atoms with Crippen LogP contribution in [0, 0.1) is 6.92 Å². The van der Waals surface area contributed by atoms with Crippen LogP contribution in [0.25, 0.3) is 0 Å². The van der Waals surface area contributed by atoms with E-state index in [9.17, 15) is 16.8 Å². The van der Waals surface area contributed by atoms with Gasteiger partial charge in [0.1, 0.15) is 10.0 Å². The van der Waals surface area contributed by atoms with E-state index in [1.54, 1.807) is 18.2 Å². The van der Waals surface area contributed by atoms with Crippen molar-refractivity contribution in [3.8, 4) is 0 Å². The standard InChI is InChI=1S/C14H19ClN4O4S2/c1-10-13(14(15)19(4)17-10)24(20,21)16-9-11-7-5-6-8-12(11)25(22,23)18(2)3/h5-8,16H,9H2,1-4H3. The second kappa shape index (κ2) is 7.04. The lowest BCUT2D eigenvalue weighted by atomic mass is 10.2. The van der Waals surface area contributed by atoms with Crippen LogP contribution in [0.3, 0.4) is 0 Å². The first kappa shape index (κ1) is 19.9. The highest BCUT2D eigenvalue weighted by molar-refractivity contribution is 7.89. The fourth-order valence-electron chi connectivity index (χ4n) is 2.26. The predicted octanol–water partition coefficient (Wildman–Crippen LogP) is 1.11. The molecule has 1 aromatic heterocycles. The van der Waals surface area contributed by atoms with Crippen LogP contribution in [0.1, 0.15) is 11.3 Å². The summed E-state index contributed by atoms with van der Waals surface area (Å²) in [7, 11) is -3.29. The molecule has 25 heavy (non-hydrogen) atoms. The number of aromatic nitrogens is 2. The van der Waals surface area contributed by atoms with E-state index in [0.29, 0.717) is 5.56 Å². The lowest BCUT2D eigenvalue weighted by molar-refractivity contribution is 0.519. The van der Waals surface area contributed by atoms with Crippen molar-refractivity contribution in [1.82, 2.24) is 18.8 Å². The quantitative estimate of drug-likeness (QED) is 0.774. The molecule has 0 fully saturated rings. The Kier molecular flexibility index (Phi) is 5.59. The SMILES string of the molecule is Cc1nn(C)c(Cl)c1S(=O)(=O)NCc1ccccc1S(=O)(=O)N(C)C. The Morgan fingerprint density at radius 3 is 2.32 bits per heavy atom. The summed E-state index contributed by atoms with van der Waals surface area (Å²) in [6.45, 7) is 1.33. The van der Waals surface area contributed by atoms with Gasteiger partial charge in [-0.05, 0) is 18.6 Å². The lowest BCUT2D eigenvalue weighted by Crippen LogP contribution is -2.27. The molecule has 0 spiro atoms. The third-order valence-corrected chi connectivity index (χ3v) is 7.56. The maximum atomic E-state index is 12.5. The normalized spacial score (nSPS) is 12.7. The van der Waals surface area contributed by atoms with Gasteiger partial charge in [0.2, 0.25) is 20.0 Å². The van der Waals surface area contributed by atoms with Crippen LogP contribution in [-0.4, -0.2) is 45.0 Å². The number of aryl methyl sites for hydroxylation is 2. The predicted molar refractivity (Wildman–Crippen MR) is 94.3 cm³/mol. The summed E-state index contributed by atoms with van der Waals surface area (Å²) in [6.07, 6.45) is 0. The van der Waals surface area contributed by atoms with Gasteiger partial charge in [-0.15, -0.1) is 0 Å². The van der Waals surface area contributed by atoms with Crippen LogP contribution in [-0.2, 0) is 33.6 Å². The summed E-state index contributed by atoms with van der Waals surface area (Å²) >= 11 is 6.00. The molecule has 0 aliphatic rings. The summed E-state index contributed by atoms with van der Waals surface area (Å²) in [5.41, 5.74) is 0.589. The van der Waals surface area contributed by atoms with E-state index in [-0.39, 0.29) is 27.2 Å². The van der Waals surface area contributed by atoms with E-state index >= 15 is 0 Å². The van der Waals surface area contributed by atoms with Crippen LogP contribution < -0.4 is 4.72 Å². The Bertz CT molecular complexity index is 998. The maximum Gasteiger partial charge on any atom is 0.245 e. The first-order chi connectivity index (χ1) is 11.5. The summed E-state index contributed by atoms with van der Waals surface area (Å²) in [5.74, 6) is 0. The fraction of sp³-hybridized carbons (Fsp3) is 0.357. The third kappa shape index (κ3) is 3.87. The number of halogens is 1. The lowest BCUT2D eigenvalue weighted by Gasteiger charge is -2.15. The molecule has 0 unspecified atom stereocenters. The van der Waals surface area contributed by atoms with Gasteiger partial charge >= 0.3 is 0 Å². The van der Waals surface area contributed by atoms with Gasteiger partial charge in [-0.3, -0.25) is 4.68 Å². The molecule has 0 atom stereocenters. The van der Waals surface area contributed by atoms with Gasteiger partial charge < -0.3 is 0 Å². The Labute approximate surface area is 152 Å². The molecule has 0 aliphatic heterocycles. The number of sulfonamides is 2. The summed E-state index contributed by atoms with van der Waals surface area (Å²) in [4.78, 5) is -0.0821. The van der Waals surface area contributed by atoms with Crippen molar-refractivity contribution in [2.24, 2.45) is 7.05 Å². The van der Waals surface area contributed by atoms with E-state index in [2.05, 4.69) is 9.82 Å². The Hall–Kier alpha value is -1.46. The van der Waals surface area contributed by atoms with E-state index in [1.807, 2.05) is 0 Å². The van der Waals surface area contributed by atoms with Gasteiger partial charge in [0.15, 0.2) is 0 Å². The molecule has 1 heterocycles. The Morgan fingerprint density at radius 1 is 1.20 bits per heavy atom. The molecular weight excluding hydrogens is 388 g/mol.